The Morgan fingerprint density at radius 1 is 1.23 bits per heavy atom. The van der Waals surface area contributed by atoms with E-state index in [2.05, 4.69) is 35.2 Å². The van der Waals surface area contributed by atoms with E-state index in [9.17, 15) is 4.39 Å². The predicted molar refractivity (Wildman–Crippen MR) is 87.5 cm³/mol. The summed E-state index contributed by atoms with van der Waals surface area (Å²) in [4.78, 5) is 6.43. The summed E-state index contributed by atoms with van der Waals surface area (Å²) in [7, 11) is 4.05. The van der Waals surface area contributed by atoms with Gasteiger partial charge in [-0.15, -0.1) is 0 Å². The average Bonchev–Trinajstić information content (AvgIpc) is 2.54. The number of allylic oxidation sites excluding steroid dienone is 3. The lowest BCUT2D eigenvalue weighted by molar-refractivity contribution is 0.183. The Hall–Kier alpha value is -1.75. The molecule has 0 aromatic carbocycles. The van der Waals surface area contributed by atoms with E-state index in [1.54, 1.807) is 6.20 Å². The van der Waals surface area contributed by atoms with Crippen molar-refractivity contribution in [3.63, 3.8) is 0 Å². The maximum Gasteiger partial charge on any atom is 0.162 e. The smallest absolute Gasteiger partial charge is 0.162 e. The Balaban J connectivity index is 1.94. The van der Waals surface area contributed by atoms with Gasteiger partial charge >= 0.3 is 0 Å². The van der Waals surface area contributed by atoms with E-state index in [0.717, 1.165) is 56.2 Å². The Morgan fingerprint density at radius 2 is 1.95 bits per heavy atom. The molecule has 3 rings (SSSR count). The summed E-state index contributed by atoms with van der Waals surface area (Å²) in [6, 6.07) is 0. The molecule has 0 amide bonds. The van der Waals surface area contributed by atoms with Crippen molar-refractivity contribution in [1.82, 2.24) is 20.0 Å². The van der Waals surface area contributed by atoms with Crippen molar-refractivity contribution in [2.24, 2.45) is 0 Å². The van der Waals surface area contributed by atoms with Crippen LogP contribution < -0.4 is 5.32 Å². The summed E-state index contributed by atoms with van der Waals surface area (Å²) in [6.45, 7) is 6.61. The van der Waals surface area contributed by atoms with E-state index in [4.69, 9.17) is 0 Å². The molecule has 3 aliphatic rings. The lowest BCUT2D eigenvalue weighted by Crippen LogP contribution is -2.44. The van der Waals surface area contributed by atoms with Crippen LogP contribution in [-0.2, 0) is 0 Å². The Labute approximate surface area is 132 Å². The maximum atomic E-state index is 14.5. The number of nitrogens with one attached hydrogen (secondary N) is 1. The molecule has 0 aliphatic carbocycles. The number of halogens is 1. The van der Waals surface area contributed by atoms with Gasteiger partial charge in [-0.25, -0.2) is 4.39 Å². The van der Waals surface area contributed by atoms with E-state index in [-0.39, 0.29) is 5.83 Å². The van der Waals surface area contributed by atoms with Crippen LogP contribution in [-0.4, -0.2) is 61.5 Å². The minimum atomic E-state index is -0.128. The Bertz CT molecular complexity index is 565. The first-order valence-corrected chi connectivity index (χ1v) is 8.05. The third kappa shape index (κ3) is 2.65. The van der Waals surface area contributed by atoms with Crippen LogP contribution in [0.25, 0.3) is 0 Å². The molecule has 0 radical (unpaired) electrons. The third-order valence-electron chi connectivity index (χ3n) is 4.68. The van der Waals surface area contributed by atoms with E-state index < -0.39 is 0 Å². The molecule has 120 valence electrons. The summed E-state index contributed by atoms with van der Waals surface area (Å²) < 4.78 is 14.5. The van der Waals surface area contributed by atoms with Crippen molar-refractivity contribution >= 4 is 0 Å². The zero-order valence-electron chi connectivity index (χ0n) is 13.7. The van der Waals surface area contributed by atoms with Gasteiger partial charge in [0.05, 0.1) is 17.1 Å². The molecule has 0 aromatic heterocycles. The molecule has 1 saturated heterocycles. The van der Waals surface area contributed by atoms with Gasteiger partial charge in [-0.05, 0) is 25.1 Å². The second-order valence-corrected chi connectivity index (χ2v) is 6.04. The van der Waals surface area contributed by atoms with Crippen LogP contribution in [0.4, 0.5) is 4.39 Å². The van der Waals surface area contributed by atoms with Crippen molar-refractivity contribution < 1.29 is 4.39 Å². The van der Waals surface area contributed by atoms with Gasteiger partial charge in [0.2, 0.25) is 0 Å². The molecule has 0 bridgehead atoms. The molecule has 1 fully saturated rings. The van der Waals surface area contributed by atoms with Crippen LogP contribution in [0, 0.1) is 0 Å². The van der Waals surface area contributed by atoms with Crippen molar-refractivity contribution in [1.29, 1.82) is 0 Å². The Morgan fingerprint density at radius 3 is 2.59 bits per heavy atom. The lowest BCUT2D eigenvalue weighted by Gasteiger charge is -2.38. The van der Waals surface area contributed by atoms with Crippen LogP contribution in [0.5, 0.6) is 0 Å². The molecule has 3 heterocycles. The fraction of sp³-hybridized carbons (Fsp3) is 0.529. The van der Waals surface area contributed by atoms with Crippen LogP contribution in [0.3, 0.4) is 0 Å². The molecule has 3 aliphatic heterocycles. The summed E-state index contributed by atoms with van der Waals surface area (Å²) in [6.07, 6.45) is 6.81. The monoisotopic (exact) mass is 304 g/mol. The van der Waals surface area contributed by atoms with Crippen molar-refractivity contribution in [3.8, 4) is 0 Å². The largest absolute Gasteiger partial charge is 0.386 e. The highest BCUT2D eigenvalue weighted by Gasteiger charge is 2.27. The van der Waals surface area contributed by atoms with Crippen molar-refractivity contribution in [2.45, 2.75) is 13.3 Å². The number of hydrogen-bond donors (Lipinski definition) is 1. The molecule has 0 aromatic rings. The summed E-state index contributed by atoms with van der Waals surface area (Å²) >= 11 is 0. The fourth-order valence-electron chi connectivity index (χ4n) is 3.30. The fourth-order valence-corrected chi connectivity index (χ4v) is 3.30. The van der Waals surface area contributed by atoms with E-state index in [1.807, 2.05) is 18.0 Å². The molecule has 22 heavy (non-hydrogen) atoms. The standard InChI is InChI=1S/C17H25FN4/c1-4-13-5-6-22-12-14(18)15(11-16(22)17(13)19-2)21-9-7-20(3)8-10-21/h5,11-12,19H,4,6-10H2,1-3H3. The van der Waals surface area contributed by atoms with Crippen molar-refractivity contribution in [2.75, 3.05) is 46.8 Å². The molecule has 5 heteroatoms. The molecule has 1 N–H and O–H groups in total. The summed E-state index contributed by atoms with van der Waals surface area (Å²) in [5, 5.41) is 3.30. The number of hydrogen-bond acceptors (Lipinski definition) is 4. The van der Waals surface area contributed by atoms with Gasteiger partial charge in [0, 0.05) is 46.0 Å². The normalized spacial score (nSPS) is 23.0. The molecular weight excluding hydrogens is 279 g/mol. The molecule has 4 nitrogen and oxygen atoms in total. The first kappa shape index (κ1) is 15.2. The van der Waals surface area contributed by atoms with Gasteiger partial charge in [-0.2, -0.15) is 0 Å². The quantitative estimate of drug-likeness (QED) is 0.861. The molecular formula is C17H25FN4. The van der Waals surface area contributed by atoms with Crippen molar-refractivity contribution in [3.05, 3.63) is 46.8 Å². The van der Waals surface area contributed by atoms with Crippen LogP contribution in [0.15, 0.2) is 46.8 Å². The van der Waals surface area contributed by atoms with Gasteiger partial charge in [0.25, 0.3) is 0 Å². The van der Waals surface area contributed by atoms with Gasteiger partial charge in [-0.1, -0.05) is 13.0 Å². The Kier molecular flexibility index (Phi) is 4.25. The number of fused-ring (bicyclic) bond motifs is 1. The first-order chi connectivity index (χ1) is 10.6. The molecule has 0 unspecified atom stereocenters. The minimum Gasteiger partial charge on any atom is -0.386 e. The maximum absolute atomic E-state index is 14.5. The third-order valence-corrected chi connectivity index (χ3v) is 4.68. The van der Waals surface area contributed by atoms with E-state index in [1.165, 1.54) is 5.57 Å². The second-order valence-electron chi connectivity index (χ2n) is 6.04. The minimum absolute atomic E-state index is 0.128. The molecule has 0 atom stereocenters. The SMILES string of the molecule is CCC1=CCN2C=C(F)C(N3CCN(C)CC3)=CC2=C1NC. The van der Waals surface area contributed by atoms with Crippen LogP contribution in [0.2, 0.25) is 0 Å². The van der Waals surface area contributed by atoms with Gasteiger partial charge in [0.1, 0.15) is 0 Å². The van der Waals surface area contributed by atoms with Gasteiger partial charge in [-0.3, -0.25) is 0 Å². The van der Waals surface area contributed by atoms with Crippen LogP contribution in [0.1, 0.15) is 13.3 Å². The van der Waals surface area contributed by atoms with Crippen LogP contribution >= 0.6 is 0 Å². The predicted octanol–water partition coefficient (Wildman–Crippen LogP) is 2.03. The number of rotatable bonds is 3. The number of likely N-dealkylation sites (N-methyl/N-ethyl adjacent to an activating group) is 2. The highest BCUT2D eigenvalue weighted by Crippen LogP contribution is 2.33. The highest BCUT2D eigenvalue weighted by atomic mass is 19.1. The zero-order valence-corrected chi connectivity index (χ0v) is 13.7. The summed E-state index contributed by atoms with van der Waals surface area (Å²) in [5.41, 5.74) is 4.23. The second kappa shape index (κ2) is 6.16. The summed E-state index contributed by atoms with van der Waals surface area (Å²) in [5.74, 6) is -0.128. The molecule has 0 spiro atoms. The number of piperazine rings is 1. The van der Waals surface area contributed by atoms with E-state index >= 15 is 0 Å². The number of nitrogens with zero attached hydrogens (tertiary/aromatic N) is 3. The topological polar surface area (TPSA) is 21.8 Å². The highest BCUT2D eigenvalue weighted by molar-refractivity contribution is 5.48. The van der Waals surface area contributed by atoms with E-state index in [0.29, 0.717) is 0 Å². The lowest BCUT2D eigenvalue weighted by atomic mass is 10.0. The molecule has 0 saturated carbocycles. The zero-order chi connectivity index (χ0) is 15.7. The average molecular weight is 304 g/mol. The first-order valence-electron chi connectivity index (χ1n) is 8.05. The van der Waals surface area contributed by atoms with Gasteiger partial charge < -0.3 is 20.0 Å². The van der Waals surface area contributed by atoms with Gasteiger partial charge in [0.15, 0.2) is 5.83 Å².